The molecule has 0 aromatic rings. The van der Waals surface area contributed by atoms with Crippen LogP contribution in [0.4, 0.5) is 0 Å². The van der Waals surface area contributed by atoms with Gasteiger partial charge in [-0.1, -0.05) is 0 Å². The molecule has 0 rings (SSSR count). The number of hydrogen-bond donors (Lipinski definition) is 1. The van der Waals surface area contributed by atoms with Gasteiger partial charge in [0.25, 0.3) is 0 Å². The molecule has 1 atom stereocenters. The van der Waals surface area contributed by atoms with Crippen molar-refractivity contribution in [1.82, 2.24) is 0 Å². The van der Waals surface area contributed by atoms with Crippen LogP contribution in [0.2, 0.25) is 0 Å². The van der Waals surface area contributed by atoms with Gasteiger partial charge in [0.05, 0.1) is 18.9 Å². The van der Waals surface area contributed by atoms with E-state index in [0.717, 1.165) is 0 Å². The minimum atomic E-state index is -1.11. The Bertz CT molecular complexity index is 217. The average molecular weight is 202 g/mol. The Kier molecular flexibility index (Phi) is 5.52. The van der Waals surface area contributed by atoms with Crippen LogP contribution in [0, 0.1) is 5.92 Å². The lowest BCUT2D eigenvalue weighted by atomic mass is 9.99. The first-order valence-electron chi connectivity index (χ1n) is 4.35. The van der Waals surface area contributed by atoms with Crippen molar-refractivity contribution in [2.24, 2.45) is 5.92 Å². The first kappa shape index (κ1) is 12.6. The summed E-state index contributed by atoms with van der Waals surface area (Å²) in [6.07, 6.45) is -0.441. The van der Waals surface area contributed by atoms with E-state index >= 15 is 0 Å². The molecule has 0 fully saturated rings. The molecule has 0 saturated heterocycles. The third-order valence-corrected chi connectivity index (χ3v) is 1.57. The first-order valence-corrected chi connectivity index (χ1v) is 4.35. The quantitative estimate of drug-likeness (QED) is 0.638. The largest absolute Gasteiger partial charge is 0.481 e. The van der Waals surface area contributed by atoms with E-state index < -0.39 is 17.9 Å². The van der Waals surface area contributed by atoms with Gasteiger partial charge in [-0.2, -0.15) is 0 Å². The Labute approximate surface area is 82.1 Å². The van der Waals surface area contributed by atoms with Crippen molar-refractivity contribution in [3.63, 3.8) is 0 Å². The number of rotatable bonds is 6. The lowest BCUT2D eigenvalue weighted by molar-refractivity contribution is -0.153. The van der Waals surface area contributed by atoms with Crippen molar-refractivity contribution in [2.75, 3.05) is 6.61 Å². The molecule has 14 heavy (non-hydrogen) atoms. The van der Waals surface area contributed by atoms with Gasteiger partial charge in [0.2, 0.25) is 0 Å². The number of Topliss-reactive ketones (excluding diaryl/α,β-unsaturated/α-hetero) is 1. The van der Waals surface area contributed by atoms with Crippen LogP contribution in [-0.4, -0.2) is 29.4 Å². The molecule has 0 unspecified atom stereocenters. The topological polar surface area (TPSA) is 80.7 Å². The summed E-state index contributed by atoms with van der Waals surface area (Å²) < 4.78 is 4.65. The molecule has 0 aromatic heterocycles. The monoisotopic (exact) mass is 202 g/mol. The summed E-state index contributed by atoms with van der Waals surface area (Å²) >= 11 is 0. The van der Waals surface area contributed by atoms with Crippen LogP contribution in [0.5, 0.6) is 0 Å². The summed E-state index contributed by atoms with van der Waals surface area (Å²) in [6.45, 7) is 3.13. The van der Waals surface area contributed by atoms with Gasteiger partial charge in [-0.15, -0.1) is 0 Å². The van der Waals surface area contributed by atoms with E-state index in [4.69, 9.17) is 5.11 Å². The summed E-state index contributed by atoms with van der Waals surface area (Å²) in [5.74, 6) is -2.80. The number of carbonyl (C=O) groups excluding carboxylic acids is 2. The zero-order chi connectivity index (χ0) is 11.1. The summed E-state index contributed by atoms with van der Waals surface area (Å²) in [6, 6.07) is 0. The highest BCUT2D eigenvalue weighted by molar-refractivity contribution is 5.85. The van der Waals surface area contributed by atoms with Gasteiger partial charge >= 0.3 is 11.9 Å². The molecule has 1 N–H and O–H groups in total. The van der Waals surface area contributed by atoms with Gasteiger partial charge < -0.3 is 14.6 Å². The average Bonchev–Trinajstić information content (AvgIpc) is 2.01. The number of carboxylic acid groups (broad SMARTS) is 1. The molecule has 0 aromatic carbocycles. The van der Waals surface area contributed by atoms with E-state index in [-0.39, 0.29) is 25.2 Å². The Morgan fingerprint density at radius 1 is 1.29 bits per heavy atom. The second kappa shape index (κ2) is 6.12. The van der Waals surface area contributed by atoms with Crippen molar-refractivity contribution < 1.29 is 24.2 Å². The maximum Gasteiger partial charge on any atom is 0.309 e. The summed E-state index contributed by atoms with van der Waals surface area (Å²) in [7, 11) is 0. The molecule has 0 saturated carbocycles. The smallest absolute Gasteiger partial charge is 0.309 e. The number of ether oxygens (including phenoxy) is 1. The highest BCUT2D eigenvalue weighted by Crippen LogP contribution is 2.11. The molecule has 5 heteroatoms. The van der Waals surface area contributed by atoms with Crippen LogP contribution in [0.1, 0.15) is 26.7 Å². The van der Waals surface area contributed by atoms with E-state index in [9.17, 15) is 14.4 Å². The zero-order valence-electron chi connectivity index (χ0n) is 8.28. The Morgan fingerprint density at radius 3 is 2.21 bits per heavy atom. The fourth-order valence-electron chi connectivity index (χ4n) is 1.06. The number of carbonyl (C=O) groups is 3. The van der Waals surface area contributed by atoms with E-state index in [2.05, 4.69) is 4.74 Å². The summed E-state index contributed by atoms with van der Waals surface area (Å²) in [4.78, 5) is 32.3. The second-order valence-electron chi connectivity index (χ2n) is 2.95. The maximum atomic E-state index is 11.2. The highest BCUT2D eigenvalue weighted by Gasteiger charge is 2.24. The van der Waals surface area contributed by atoms with Gasteiger partial charge in [0, 0.05) is 6.42 Å². The molecular formula is C9H14O5. The van der Waals surface area contributed by atoms with Crippen molar-refractivity contribution >= 4 is 17.7 Å². The van der Waals surface area contributed by atoms with Crippen molar-refractivity contribution in [3.05, 3.63) is 0 Å². The normalized spacial score (nSPS) is 11.9. The van der Waals surface area contributed by atoms with Crippen LogP contribution >= 0.6 is 0 Å². The van der Waals surface area contributed by atoms with Crippen LogP contribution in [0.25, 0.3) is 0 Å². The minimum absolute atomic E-state index is 0.0782. The number of ketones is 1. The lowest BCUT2D eigenvalue weighted by Gasteiger charge is -2.11. The molecule has 0 bridgehead atoms. The van der Waals surface area contributed by atoms with Crippen LogP contribution < -0.4 is 0 Å². The molecular weight excluding hydrogens is 188 g/mol. The second-order valence-corrected chi connectivity index (χ2v) is 2.95. The molecule has 0 heterocycles. The standard InChI is InChI=1S/C9H14O5/c1-3-14-9(13)7(4-6(2)10)5-8(11)12/h7H,3-5H2,1-2H3,(H,11,12)/t7-/m0/s1. The third-order valence-electron chi connectivity index (χ3n) is 1.57. The predicted molar refractivity (Wildman–Crippen MR) is 47.7 cm³/mol. The van der Waals surface area contributed by atoms with Crippen LogP contribution in [-0.2, 0) is 19.1 Å². The molecule has 0 radical (unpaired) electrons. The van der Waals surface area contributed by atoms with Crippen LogP contribution in [0.3, 0.4) is 0 Å². The van der Waals surface area contributed by atoms with E-state index in [0.29, 0.717) is 0 Å². The van der Waals surface area contributed by atoms with E-state index in [1.54, 1.807) is 6.92 Å². The van der Waals surface area contributed by atoms with E-state index in [1.165, 1.54) is 6.92 Å². The molecule has 5 nitrogen and oxygen atoms in total. The SMILES string of the molecule is CCOC(=O)[C@@H](CC(C)=O)CC(=O)O. The maximum absolute atomic E-state index is 11.2. The molecule has 0 amide bonds. The van der Waals surface area contributed by atoms with Crippen molar-refractivity contribution in [2.45, 2.75) is 26.7 Å². The Morgan fingerprint density at radius 2 is 1.86 bits per heavy atom. The van der Waals surface area contributed by atoms with Gasteiger partial charge in [-0.3, -0.25) is 9.59 Å². The fourth-order valence-corrected chi connectivity index (χ4v) is 1.06. The number of aliphatic carboxylic acids is 1. The molecule has 0 spiro atoms. The fraction of sp³-hybridized carbons (Fsp3) is 0.667. The molecule has 0 aliphatic rings. The minimum Gasteiger partial charge on any atom is -0.481 e. The Balaban J connectivity index is 4.29. The van der Waals surface area contributed by atoms with Gasteiger partial charge in [0.15, 0.2) is 0 Å². The van der Waals surface area contributed by atoms with Gasteiger partial charge in [0.1, 0.15) is 5.78 Å². The predicted octanol–water partition coefficient (Wildman–Crippen LogP) is 0.620. The number of hydrogen-bond acceptors (Lipinski definition) is 4. The number of esters is 1. The molecule has 0 aliphatic heterocycles. The van der Waals surface area contributed by atoms with Gasteiger partial charge in [-0.05, 0) is 13.8 Å². The lowest BCUT2D eigenvalue weighted by Crippen LogP contribution is -2.23. The summed E-state index contributed by atoms with van der Waals surface area (Å²) in [5, 5.41) is 8.49. The molecule has 0 aliphatic carbocycles. The zero-order valence-corrected chi connectivity index (χ0v) is 8.28. The molecule has 80 valence electrons. The summed E-state index contributed by atoms with van der Waals surface area (Å²) in [5.41, 5.74) is 0. The van der Waals surface area contributed by atoms with E-state index in [1.807, 2.05) is 0 Å². The third kappa shape index (κ3) is 5.29. The van der Waals surface area contributed by atoms with Crippen molar-refractivity contribution in [1.29, 1.82) is 0 Å². The first-order chi connectivity index (χ1) is 6.47. The Hall–Kier alpha value is -1.39. The van der Waals surface area contributed by atoms with Crippen molar-refractivity contribution in [3.8, 4) is 0 Å². The van der Waals surface area contributed by atoms with Gasteiger partial charge in [-0.25, -0.2) is 0 Å². The van der Waals surface area contributed by atoms with Crippen LogP contribution in [0.15, 0.2) is 0 Å². The number of carboxylic acids is 1. The highest BCUT2D eigenvalue weighted by atomic mass is 16.5.